The van der Waals surface area contributed by atoms with E-state index in [2.05, 4.69) is 42.9 Å². The lowest BCUT2D eigenvalue weighted by molar-refractivity contribution is -0.147. The first-order valence-corrected chi connectivity index (χ1v) is 10.5. The number of carbonyl (C=O) groups is 2. The Bertz CT molecular complexity index is 659. The van der Waals surface area contributed by atoms with Gasteiger partial charge in [-0.25, -0.2) is 4.79 Å². The minimum Gasteiger partial charge on any atom is -0.464 e. The van der Waals surface area contributed by atoms with Gasteiger partial charge in [0.1, 0.15) is 12.5 Å². The highest BCUT2D eigenvalue weighted by Gasteiger charge is 2.38. The summed E-state index contributed by atoms with van der Waals surface area (Å²) in [6, 6.07) is 7.07. The number of carbonyl (C=O) groups excluding carboxylic acids is 2. The van der Waals surface area contributed by atoms with Crippen LogP contribution < -0.4 is 15.5 Å². The van der Waals surface area contributed by atoms with Gasteiger partial charge in [-0.15, -0.1) is 0 Å². The fraction of sp³-hybridized carbons (Fsp3) is 0.500. The molecule has 0 bridgehead atoms. The van der Waals surface area contributed by atoms with Crippen molar-refractivity contribution in [2.75, 3.05) is 36.1 Å². The van der Waals surface area contributed by atoms with E-state index in [1.54, 1.807) is 11.8 Å². The third kappa shape index (κ3) is 5.42. The highest BCUT2D eigenvalue weighted by Crippen LogP contribution is 2.31. The van der Waals surface area contributed by atoms with Crippen LogP contribution in [0.5, 0.6) is 0 Å². The predicted octanol–water partition coefficient (Wildman–Crippen LogP) is 3.31. The van der Waals surface area contributed by atoms with Crippen LogP contribution >= 0.6 is 11.8 Å². The van der Waals surface area contributed by atoms with Crippen molar-refractivity contribution < 1.29 is 14.3 Å². The number of nitrogens with one attached hydrogen (secondary N) is 2. The summed E-state index contributed by atoms with van der Waals surface area (Å²) >= 11 is 1.71. The van der Waals surface area contributed by atoms with Gasteiger partial charge >= 0.3 is 12.0 Å². The van der Waals surface area contributed by atoms with Crippen LogP contribution in [0.1, 0.15) is 32.4 Å². The lowest BCUT2D eigenvalue weighted by Crippen LogP contribution is -2.51. The average Bonchev–Trinajstić information content (AvgIpc) is 2.66. The zero-order chi connectivity index (χ0) is 19.8. The van der Waals surface area contributed by atoms with Gasteiger partial charge < -0.3 is 20.3 Å². The molecule has 1 aliphatic rings. The largest absolute Gasteiger partial charge is 0.464 e. The molecule has 0 radical (unpaired) electrons. The molecular weight excluding hydrogens is 362 g/mol. The van der Waals surface area contributed by atoms with Crippen molar-refractivity contribution in [2.45, 2.75) is 26.8 Å². The number of esters is 1. The Hall–Kier alpha value is -2.15. The maximum Gasteiger partial charge on any atom is 0.319 e. The van der Waals surface area contributed by atoms with Crippen molar-refractivity contribution in [3.63, 3.8) is 0 Å². The fourth-order valence-electron chi connectivity index (χ4n) is 3.16. The number of urea groups is 1. The van der Waals surface area contributed by atoms with E-state index in [-0.39, 0.29) is 12.0 Å². The van der Waals surface area contributed by atoms with Crippen LogP contribution in [-0.4, -0.2) is 43.2 Å². The van der Waals surface area contributed by atoms with Crippen molar-refractivity contribution in [3.05, 3.63) is 42.1 Å². The number of hydrogen-bond acceptors (Lipinski definition) is 5. The van der Waals surface area contributed by atoms with E-state index >= 15 is 0 Å². The summed E-state index contributed by atoms with van der Waals surface area (Å²) < 4.78 is 5.42. The summed E-state index contributed by atoms with van der Waals surface area (Å²) in [6.45, 7) is 12.3. The molecule has 0 unspecified atom stereocenters. The molecule has 0 spiro atoms. The zero-order valence-electron chi connectivity index (χ0n) is 16.3. The highest BCUT2D eigenvalue weighted by atomic mass is 32.2. The molecule has 1 aromatic carbocycles. The first-order valence-electron chi connectivity index (χ1n) is 9.37. The van der Waals surface area contributed by atoms with E-state index in [9.17, 15) is 9.59 Å². The van der Waals surface area contributed by atoms with E-state index in [1.807, 2.05) is 24.3 Å². The lowest BCUT2D eigenvalue weighted by Gasteiger charge is -2.33. The Kier molecular flexibility index (Phi) is 8.03. The minimum absolute atomic E-state index is 0.350. The van der Waals surface area contributed by atoms with Gasteiger partial charge in [0, 0.05) is 30.2 Å². The summed E-state index contributed by atoms with van der Waals surface area (Å²) in [7, 11) is 0. The molecule has 2 amide bonds. The molecule has 0 aliphatic carbocycles. The fourth-order valence-corrected chi connectivity index (χ4v) is 3.65. The summed E-state index contributed by atoms with van der Waals surface area (Å²) in [5.41, 5.74) is 2.33. The molecule has 6 nitrogen and oxygen atoms in total. The molecule has 148 valence electrons. The number of thioether (sulfide) groups is 1. The van der Waals surface area contributed by atoms with E-state index in [1.165, 1.54) is 0 Å². The molecule has 27 heavy (non-hydrogen) atoms. The standard InChI is InChI=1S/C20H29N3O3S/c1-5-23(6-2)16-10-8-15(9-11-16)18-17(14(4)21-20(25)22-18)19(24)26-12-13-27-7-3/h8-11,17-18H,4-7,12-13H2,1-3H3,(H2,21,22,25)/t17-,18+/m0/s1. The van der Waals surface area contributed by atoms with Crippen LogP contribution in [-0.2, 0) is 9.53 Å². The van der Waals surface area contributed by atoms with E-state index < -0.39 is 12.0 Å². The Labute approximate surface area is 165 Å². The molecule has 2 rings (SSSR count). The summed E-state index contributed by atoms with van der Waals surface area (Å²) in [4.78, 5) is 26.8. The Morgan fingerprint density at radius 3 is 2.48 bits per heavy atom. The quantitative estimate of drug-likeness (QED) is 0.499. The van der Waals surface area contributed by atoms with Gasteiger partial charge in [-0.1, -0.05) is 25.6 Å². The summed E-state index contributed by atoms with van der Waals surface area (Å²) in [5, 5.41) is 5.44. The SMILES string of the molecule is C=C1NC(=O)N[C@H](c2ccc(N(CC)CC)cc2)[C@H]1C(=O)OCCSCC. The van der Waals surface area contributed by atoms with Crippen LogP contribution in [0, 0.1) is 5.92 Å². The average molecular weight is 392 g/mol. The molecule has 2 N–H and O–H groups in total. The van der Waals surface area contributed by atoms with Gasteiger partial charge in [-0.2, -0.15) is 11.8 Å². The van der Waals surface area contributed by atoms with Crippen molar-refractivity contribution in [2.24, 2.45) is 5.92 Å². The summed E-state index contributed by atoms with van der Waals surface area (Å²) in [6.07, 6.45) is 0. The molecule has 1 aromatic rings. The second-order valence-corrected chi connectivity index (χ2v) is 7.60. The first kappa shape index (κ1) is 21.2. The van der Waals surface area contributed by atoms with Crippen molar-refractivity contribution in [1.82, 2.24) is 10.6 Å². The highest BCUT2D eigenvalue weighted by molar-refractivity contribution is 7.99. The molecular formula is C20H29N3O3S. The smallest absolute Gasteiger partial charge is 0.319 e. The molecule has 1 fully saturated rings. The number of hydrogen-bond donors (Lipinski definition) is 2. The molecule has 0 saturated carbocycles. The van der Waals surface area contributed by atoms with E-state index in [0.29, 0.717) is 12.3 Å². The van der Waals surface area contributed by atoms with Gasteiger partial charge in [-0.05, 0) is 37.3 Å². The molecule has 0 aromatic heterocycles. The topological polar surface area (TPSA) is 70.7 Å². The van der Waals surface area contributed by atoms with Gasteiger partial charge in [0.15, 0.2) is 0 Å². The zero-order valence-corrected chi connectivity index (χ0v) is 17.1. The van der Waals surface area contributed by atoms with Gasteiger partial charge in [0.05, 0.1) is 6.04 Å². The van der Waals surface area contributed by atoms with E-state index in [0.717, 1.165) is 35.8 Å². The third-order valence-corrected chi connectivity index (χ3v) is 5.44. The Morgan fingerprint density at radius 2 is 1.89 bits per heavy atom. The second kappa shape index (κ2) is 10.3. The number of benzene rings is 1. The van der Waals surface area contributed by atoms with Crippen LogP contribution in [0.3, 0.4) is 0 Å². The molecule has 1 heterocycles. The maximum atomic E-state index is 12.6. The predicted molar refractivity (Wildman–Crippen MR) is 111 cm³/mol. The van der Waals surface area contributed by atoms with Gasteiger partial charge in [0.25, 0.3) is 0 Å². The lowest BCUT2D eigenvalue weighted by atomic mass is 9.89. The maximum absolute atomic E-state index is 12.6. The molecule has 1 aliphatic heterocycles. The van der Waals surface area contributed by atoms with Crippen molar-refractivity contribution in [1.29, 1.82) is 0 Å². The Morgan fingerprint density at radius 1 is 1.22 bits per heavy atom. The van der Waals surface area contributed by atoms with Crippen molar-refractivity contribution in [3.8, 4) is 0 Å². The van der Waals surface area contributed by atoms with Gasteiger partial charge in [0.2, 0.25) is 0 Å². The number of anilines is 1. The van der Waals surface area contributed by atoms with E-state index in [4.69, 9.17) is 4.74 Å². The summed E-state index contributed by atoms with van der Waals surface area (Å²) in [5.74, 6) is 0.702. The van der Waals surface area contributed by atoms with Crippen LogP contribution in [0.15, 0.2) is 36.5 Å². The normalized spacial score (nSPS) is 19.2. The molecule has 7 heteroatoms. The molecule has 2 atom stereocenters. The number of amides is 2. The minimum atomic E-state index is -0.659. The van der Waals surface area contributed by atoms with Crippen LogP contribution in [0.25, 0.3) is 0 Å². The molecule has 1 saturated heterocycles. The first-order chi connectivity index (χ1) is 13.0. The number of rotatable bonds is 9. The van der Waals surface area contributed by atoms with Crippen LogP contribution in [0.2, 0.25) is 0 Å². The van der Waals surface area contributed by atoms with Gasteiger partial charge in [-0.3, -0.25) is 4.79 Å². The third-order valence-electron chi connectivity index (χ3n) is 4.58. The Balaban J connectivity index is 2.18. The number of nitrogens with zero attached hydrogens (tertiary/aromatic N) is 1. The van der Waals surface area contributed by atoms with Crippen LogP contribution in [0.4, 0.5) is 10.5 Å². The number of ether oxygens (including phenoxy) is 1. The second-order valence-electron chi connectivity index (χ2n) is 6.21. The van der Waals surface area contributed by atoms with Crippen molar-refractivity contribution >= 4 is 29.4 Å². The monoisotopic (exact) mass is 391 g/mol.